The molecule has 0 saturated carbocycles. The van der Waals surface area contributed by atoms with Crippen LogP contribution in [0.2, 0.25) is 0 Å². The Hall–Kier alpha value is -0.990. The molecule has 0 aliphatic rings. The molecule has 3 nitrogen and oxygen atoms in total. The van der Waals surface area contributed by atoms with Crippen molar-refractivity contribution in [2.75, 3.05) is 0 Å². The zero-order valence-corrected chi connectivity index (χ0v) is 8.04. The van der Waals surface area contributed by atoms with Crippen molar-refractivity contribution in [2.45, 2.75) is 33.2 Å². The number of nitrogens with zero attached hydrogens (tertiary/aromatic N) is 2. The van der Waals surface area contributed by atoms with Gasteiger partial charge in [-0.25, -0.2) is 0 Å². The van der Waals surface area contributed by atoms with E-state index in [1.54, 1.807) is 4.57 Å². The van der Waals surface area contributed by atoms with Crippen molar-refractivity contribution in [1.29, 1.82) is 0 Å². The van der Waals surface area contributed by atoms with Crippen LogP contribution in [0.3, 0.4) is 0 Å². The molecule has 0 aromatic carbocycles. The first-order chi connectivity index (χ1) is 5.66. The fraction of sp³-hybridized carbons (Fsp3) is 0.667. The summed E-state index contributed by atoms with van der Waals surface area (Å²) in [5.74, 6) is 0. The molecule has 0 atom stereocenters. The normalized spacial score (nSPS) is 10.6. The number of hydrogen-bond donors (Lipinski definition) is 1. The number of unbranched alkanes of at least 4 members (excludes halogenated alkanes) is 1. The van der Waals surface area contributed by atoms with Gasteiger partial charge in [-0.3, -0.25) is 0 Å². The molecule has 0 saturated heterocycles. The third-order valence-corrected chi connectivity index (χ3v) is 2.18. The van der Waals surface area contributed by atoms with Crippen molar-refractivity contribution in [3.8, 4) is 6.01 Å². The van der Waals surface area contributed by atoms with Crippen LogP contribution >= 0.6 is 0 Å². The lowest BCUT2D eigenvalue weighted by molar-refractivity contribution is -0.702. The van der Waals surface area contributed by atoms with Gasteiger partial charge in [-0.05, 0) is 6.42 Å². The van der Waals surface area contributed by atoms with E-state index in [1.807, 2.05) is 24.7 Å². The van der Waals surface area contributed by atoms with E-state index in [-0.39, 0.29) is 0 Å². The third-order valence-electron chi connectivity index (χ3n) is 2.18. The van der Waals surface area contributed by atoms with Gasteiger partial charge in [-0.2, -0.15) is 9.13 Å². The summed E-state index contributed by atoms with van der Waals surface area (Å²) in [6, 6.07) is 0.348. The topological polar surface area (TPSA) is 29.0 Å². The Balaban J connectivity index is 2.79. The molecule has 3 heteroatoms. The van der Waals surface area contributed by atoms with Gasteiger partial charge in [0.2, 0.25) is 0 Å². The Bertz CT molecular complexity index is 266. The molecule has 0 radical (unpaired) electrons. The largest absolute Gasteiger partial charge is 0.453 e. The minimum absolute atomic E-state index is 0.348. The number of aromatic nitrogens is 2. The van der Waals surface area contributed by atoms with Gasteiger partial charge < -0.3 is 5.11 Å². The first-order valence-electron chi connectivity index (χ1n) is 4.41. The van der Waals surface area contributed by atoms with Crippen molar-refractivity contribution < 1.29 is 9.67 Å². The van der Waals surface area contributed by atoms with Gasteiger partial charge in [-0.1, -0.05) is 13.3 Å². The lowest BCUT2D eigenvalue weighted by Crippen LogP contribution is -2.31. The van der Waals surface area contributed by atoms with Crippen LogP contribution in [-0.2, 0) is 13.6 Å². The molecule has 1 aromatic rings. The van der Waals surface area contributed by atoms with E-state index in [2.05, 4.69) is 6.92 Å². The van der Waals surface area contributed by atoms with Crippen LogP contribution in [0.25, 0.3) is 0 Å². The summed E-state index contributed by atoms with van der Waals surface area (Å²) < 4.78 is 3.68. The van der Waals surface area contributed by atoms with Gasteiger partial charge in [0.15, 0.2) is 0 Å². The molecule has 0 aliphatic carbocycles. The van der Waals surface area contributed by atoms with Crippen LogP contribution in [0, 0.1) is 6.92 Å². The summed E-state index contributed by atoms with van der Waals surface area (Å²) in [5, 5.41) is 9.57. The number of hydrogen-bond acceptors (Lipinski definition) is 1. The number of rotatable bonds is 3. The van der Waals surface area contributed by atoms with Crippen molar-refractivity contribution >= 4 is 0 Å². The smallest absolute Gasteiger partial charge is 0.446 e. The molecule has 1 aromatic heterocycles. The van der Waals surface area contributed by atoms with E-state index in [9.17, 15) is 5.11 Å². The highest BCUT2D eigenvalue weighted by molar-refractivity contribution is 4.97. The predicted molar refractivity (Wildman–Crippen MR) is 46.9 cm³/mol. The van der Waals surface area contributed by atoms with Gasteiger partial charge in [0.1, 0.15) is 11.9 Å². The van der Waals surface area contributed by atoms with Gasteiger partial charge in [0, 0.05) is 6.92 Å². The highest BCUT2D eigenvalue weighted by atomic mass is 16.3. The molecule has 68 valence electrons. The van der Waals surface area contributed by atoms with Gasteiger partial charge in [-0.15, -0.1) is 0 Å². The van der Waals surface area contributed by atoms with Crippen molar-refractivity contribution in [1.82, 2.24) is 4.57 Å². The maximum Gasteiger partial charge on any atom is 0.453 e. The highest BCUT2D eigenvalue weighted by Gasteiger charge is 2.15. The lowest BCUT2D eigenvalue weighted by Gasteiger charge is -1.93. The fourth-order valence-electron chi connectivity index (χ4n) is 1.21. The molecular weight excluding hydrogens is 152 g/mol. The van der Waals surface area contributed by atoms with E-state index in [0.717, 1.165) is 25.1 Å². The fourth-order valence-corrected chi connectivity index (χ4v) is 1.21. The molecule has 0 aliphatic heterocycles. The third kappa shape index (κ3) is 1.60. The minimum atomic E-state index is 0.348. The van der Waals surface area contributed by atoms with Crippen LogP contribution in [-0.4, -0.2) is 9.67 Å². The Morgan fingerprint density at radius 3 is 2.67 bits per heavy atom. The van der Waals surface area contributed by atoms with Crippen LogP contribution in [0.1, 0.15) is 25.5 Å². The SMILES string of the molecule is CCCC[n+]1cc(C)n(C)c1O. The Morgan fingerprint density at radius 2 is 2.25 bits per heavy atom. The average molecular weight is 169 g/mol. The number of aryl methyl sites for hydroxylation is 2. The molecule has 0 amide bonds. The summed E-state index contributed by atoms with van der Waals surface area (Å²) in [5.41, 5.74) is 1.09. The first-order valence-corrected chi connectivity index (χ1v) is 4.41. The van der Waals surface area contributed by atoms with Crippen molar-refractivity contribution in [3.05, 3.63) is 11.9 Å². The summed E-state index contributed by atoms with van der Waals surface area (Å²) in [6.07, 6.45) is 4.24. The van der Waals surface area contributed by atoms with Crippen molar-refractivity contribution in [2.24, 2.45) is 7.05 Å². The Labute approximate surface area is 73.3 Å². The summed E-state index contributed by atoms with van der Waals surface area (Å²) in [4.78, 5) is 0. The molecule has 0 unspecified atom stereocenters. The second-order valence-electron chi connectivity index (χ2n) is 3.18. The van der Waals surface area contributed by atoms with Crippen LogP contribution in [0.5, 0.6) is 6.01 Å². The van der Waals surface area contributed by atoms with Gasteiger partial charge >= 0.3 is 6.01 Å². The van der Waals surface area contributed by atoms with Gasteiger partial charge in [0.25, 0.3) is 0 Å². The molecule has 12 heavy (non-hydrogen) atoms. The van der Waals surface area contributed by atoms with Gasteiger partial charge in [0.05, 0.1) is 13.6 Å². The van der Waals surface area contributed by atoms with E-state index in [0.29, 0.717) is 6.01 Å². The summed E-state index contributed by atoms with van der Waals surface area (Å²) in [6.45, 7) is 5.04. The maximum atomic E-state index is 9.57. The minimum Gasteiger partial charge on any atom is -0.446 e. The lowest BCUT2D eigenvalue weighted by atomic mass is 10.3. The molecular formula is C9H17N2O+. The quantitative estimate of drug-likeness (QED) is 0.675. The van der Waals surface area contributed by atoms with Crippen molar-refractivity contribution in [3.63, 3.8) is 0 Å². The van der Waals surface area contributed by atoms with E-state index in [1.165, 1.54) is 0 Å². The molecule has 0 fully saturated rings. The van der Waals surface area contributed by atoms with Crippen LogP contribution < -0.4 is 4.57 Å². The second kappa shape index (κ2) is 3.61. The summed E-state index contributed by atoms with van der Waals surface area (Å²) >= 11 is 0. The van der Waals surface area contributed by atoms with E-state index < -0.39 is 0 Å². The standard InChI is InChI=1S/C9H16N2O/c1-4-5-6-11-7-8(2)10(3)9(11)12/h7H,4-6H2,1-3H3/p+1. The summed E-state index contributed by atoms with van der Waals surface area (Å²) in [7, 11) is 1.87. The average Bonchev–Trinajstić information content (AvgIpc) is 2.30. The van der Waals surface area contributed by atoms with E-state index in [4.69, 9.17) is 0 Å². The molecule has 1 rings (SSSR count). The van der Waals surface area contributed by atoms with Crippen LogP contribution in [0.4, 0.5) is 0 Å². The number of aromatic hydroxyl groups is 1. The van der Waals surface area contributed by atoms with E-state index >= 15 is 0 Å². The molecule has 1 N–H and O–H groups in total. The highest BCUT2D eigenvalue weighted by Crippen LogP contribution is 2.05. The Morgan fingerprint density at radius 1 is 1.58 bits per heavy atom. The monoisotopic (exact) mass is 169 g/mol. The second-order valence-corrected chi connectivity index (χ2v) is 3.18. The first kappa shape index (κ1) is 9.10. The Kier molecular flexibility index (Phi) is 2.74. The predicted octanol–water partition coefficient (Wildman–Crippen LogP) is 1.13. The molecule has 0 bridgehead atoms. The zero-order valence-electron chi connectivity index (χ0n) is 8.04. The maximum absolute atomic E-state index is 9.57. The van der Waals surface area contributed by atoms with Crippen LogP contribution in [0.15, 0.2) is 6.20 Å². The number of imidazole rings is 1. The molecule has 0 spiro atoms. The zero-order chi connectivity index (χ0) is 9.14. The molecule has 1 heterocycles.